The third-order valence-corrected chi connectivity index (χ3v) is 6.85. The summed E-state index contributed by atoms with van der Waals surface area (Å²) in [6.45, 7) is 0.343. The molecule has 0 radical (unpaired) electrons. The van der Waals surface area contributed by atoms with E-state index in [1.165, 1.54) is 0 Å². The Labute approximate surface area is 174 Å². The van der Waals surface area contributed by atoms with Gasteiger partial charge in [-0.2, -0.15) is 0 Å². The van der Waals surface area contributed by atoms with Crippen LogP contribution in [0.4, 0.5) is 0 Å². The van der Waals surface area contributed by atoms with E-state index in [4.69, 9.17) is 14.2 Å². The van der Waals surface area contributed by atoms with E-state index in [-0.39, 0.29) is 35.5 Å². The van der Waals surface area contributed by atoms with Crippen molar-refractivity contribution in [2.24, 2.45) is 11.8 Å². The molecule has 4 aliphatic rings. The third-order valence-electron chi connectivity index (χ3n) is 6.85. The van der Waals surface area contributed by atoms with Crippen LogP contribution in [-0.2, 0) is 14.3 Å². The summed E-state index contributed by atoms with van der Waals surface area (Å²) in [7, 11) is 1.60. The van der Waals surface area contributed by atoms with Gasteiger partial charge in [0.05, 0.1) is 37.8 Å². The number of hydrogen-bond donors (Lipinski definition) is 0. The van der Waals surface area contributed by atoms with Gasteiger partial charge in [-0.15, -0.1) is 0 Å². The van der Waals surface area contributed by atoms with Crippen molar-refractivity contribution in [3.63, 3.8) is 0 Å². The van der Waals surface area contributed by atoms with Crippen molar-refractivity contribution in [1.82, 2.24) is 4.90 Å². The minimum absolute atomic E-state index is 0.0130. The van der Waals surface area contributed by atoms with Gasteiger partial charge in [-0.1, -0.05) is 24.3 Å². The van der Waals surface area contributed by atoms with Crippen LogP contribution in [0.1, 0.15) is 27.5 Å². The largest absolute Gasteiger partial charge is 0.497 e. The molecular weight excluding hydrogens is 382 g/mol. The molecule has 2 bridgehead atoms. The fraction of sp³-hybridized carbons (Fsp3) is 0.333. The SMILES string of the molecule is COc1ccc(C(=O)C2[C@@H]3[C@@H](C(=O)[C@@H]4OC[C@H]3O4)[C@@H]3c4ccccc4C=CN23)cc1. The smallest absolute Gasteiger partial charge is 0.218 e. The Kier molecular flexibility index (Phi) is 3.88. The molecule has 0 spiro atoms. The highest BCUT2D eigenvalue weighted by atomic mass is 16.7. The van der Waals surface area contributed by atoms with E-state index in [1.54, 1.807) is 31.4 Å². The fourth-order valence-corrected chi connectivity index (χ4v) is 5.55. The molecule has 6 nitrogen and oxygen atoms in total. The number of ketones is 2. The lowest BCUT2D eigenvalue weighted by Crippen LogP contribution is -2.48. The zero-order chi connectivity index (χ0) is 20.4. The van der Waals surface area contributed by atoms with Gasteiger partial charge in [-0.25, -0.2) is 0 Å². The fourth-order valence-electron chi connectivity index (χ4n) is 5.55. The van der Waals surface area contributed by atoms with Crippen LogP contribution in [0.25, 0.3) is 6.08 Å². The van der Waals surface area contributed by atoms with Crippen LogP contribution in [0.2, 0.25) is 0 Å². The van der Waals surface area contributed by atoms with Crippen molar-refractivity contribution in [3.8, 4) is 5.75 Å². The summed E-state index contributed by atoms with van der Waals surface area (Å²) in [5.74, 6) is 0.0322. The molecular formula is C24H21NO5. The predicted molar refractivity (Wildman–Crippen MR) is 108 cm³/mol. The van der Waals surface area contributed by atoms with Crippen LogP contribution in [0.5, 0.6) is 5.75 Å². The van der Waals surface area contributed by atoms with Gasteiger partial charge in [0.2, 0.25) is 6.29 Å². The number of methoxy groups -OCH3 is 1. The summed E-state index contributed by atoms with van der Waals surface area (Å²) in [5.41, 5.74) is 2.76. The maximum atomic E-state index is 13.7. The van der Waals surface area contributed by atoms with Crippen molar-refractivity contribution >= 4 is 17.6 Å². The maximum absolute atomic E-state index is 13.7. The molecule has 4 aliphatic heterocycles. The number of ether oxygens (including phenoxy) is 3. The van der Waals surface area contributed by atoms with Crippen molar-refractivity contribution in [1.29, 1.82) is 0 Å². The van der Waals surface area contributed by atoms with Gasteiger partial charge in [-0.3, -0.25) is 9.59 Å². The number of carbonyl (C=O) groups excluding carboxylic acids is 2. The molecule has 2 aromatic carbocycles. The van der Waals surface area contributed by atoms with E-state index >= 15 is 0 Å². The number of hydrogen-bond acceptors (Lipinski definition) is 6. The van der Waals surface area contributed by atoms with E-state index in [0.717, 1.165) is 11.1 Å². The van der Waals surface area contributed by atoms with E-state index < -0.39 is 12.3 Å². The van der Waals surface area contributed by atoms with Crippen molar-refractivity contribution in [2.75, 3.05) is 13.7 Å². The summed E-state index contributed by atoms with van der Waals surface area (Å²) in [6.07, 6.45) is 2.92. The summed E-state index contributed by atoms with van der Waals surface area (Å²) in [6, 6.07) is 14.5. The Hall–Kier alpha value is -2.96. The Morgan fingerprint density at radius 3 is 2.73 bits per heavy atom. The minimum atomic E-state index is -0.814. The normalized spacial score (nSPS) is 33.1. The molecule has 30 heavy (non-hydrogen) atoms. The molecule has 6 atom stereocenters. The summed E-state index contributed by atoms with van der Waals surface area (Å²) < 4.78 is 16.7. The monoisotopic (exact) mass is 403 g/mol. The molecule has 0 saturated carbocycles. The zero-order valence-electron chi connectivity index (χ0n) is 16.4. The average Bonchev–Trinajstić information content (AvgIpc) is 3.38. The molecule has 3 fully saturated rings. The Balaban J connectivity index is 1.47. The van der Waals surface area contributed by atoms with Crippen LogP contribution < -0.4 is 4.74 Å². The minimum Gasteiger partial charge on any atom is -0.497 e. The van der Waals surface area contributed by atoms with E-state index in [9.17, 15) is 9.59 Å². The van der Waals surface area contributed by atoms with Crippen LogP contribution in [-0.4, -0.2) is 48.6 Å². The first-order chi connectivity index (χ1) is 14.7. The molecule has 0 amide bonds. The van der Waals surface area contributed by atoms with Crippen LogP contribution in [0.15, 0.2) is 54.7 Å². The highest BCUT2D eigenvalue weighted by Gasteiger charge is 2.63. The molecule has 0 aliphatic carbocycles. The van der Waals surface area contributed by atoms with Crippen LogP contribution in [0.3, 0.4) is 0 Å². The highest BCUT2D eigenvalue weighted by Crippen LogP contribution is 2.54. The molecule has 6 heteroatoms. The molecule has 152 valence electrons. The van der Waals surface area contributed by atoms with Gasteiger partial charge < -0.3 is 19.1 Å². The van der Waals surface area contributed by atoms with Crippen molar-refractivity contribution in [2.45, 2.75) is 24.5 Å². The van der Waals surface area contributed by atoms with Crippen LogP contribution >= 0.6 is 0 Å². The lowest BCUT2D eigenvalue weighted by molar-refractivity contribution is -0.164. The maximum Gasteiger partial charge on any atom is 0.218 e. The number of nitrogens with zero attached hydrogens (tertiary/aromatic N) is 1. The third kappa shape index (κ3) is 2.38. The highest BCUT2D eigenvalue weighted by molar-refractivity contribution is 6.02. The number of rotatable bonds is 3. The number of Topliss-reactive ketones (excluding diaryl/α,β-unsaturated/α-hetero) is 2. The zero-order valence-corrected chi connectivity index (χ0v) is 16.4. The Morgan fingerprint density at radius 2 is 1.93 bits per heavy atom. The first kappa shape index (κ1) is 17.9. The Bertz CT molecular complexity index is 1060. The lowest BCUT2D eigenvalue weighted by atomic mass is 9.75. The molecule has 3 saturated heterocycles. The second-order valence-electron chi connectivity index (χ2n) is 8.22. The van der Waals surface area contributed by atoms with Gasteiger partial charge in [0.25, 0.3) is 0 Å². The quantitative estimate of drug-likeness (QED) is 0.735. The molecule has 0 N–H and O–H groups in total. The standard InChI is InChI=1S/C24H21NO5/c1-28-15-8-6-14(7-9-15)22(26)21-18-17-12-29-24(30-17)23(27)19(18)20-16-5-3-2-4-13(16)10-11-25(20)21/h2-11,17-21,24H,12H2,1H3/t17-,18+,19-,20+,21?,24-/m1/s1. The molecule has 6 rings (SSSR count). The van der Waals surface area contributed by atoms with Crippen molar-refractivity contribution in [3.05, 3.63) is 71.4 Å². The average molecular weight is 403 g/mol. The van der Waals surface area contributed by atoms with Gasteiger partial charge in [0.1, 0.15) is 5.75 Å². The number of benzene rings is 2. The molecule has 2 aromatic rings. The van der Waals surface area contributed by atoms with E-state index in [1.807, 2.05) is 30.5 Å². The lowest BCUT2D eigenvalue weighted by Gasteiger charge is -2.34. The summed E-state index contributed by atoms with van der Waals surface area (Å²) in [5, 5.41) is 0. The molecule has 0 aromatic heterocycles. The van der Waals surface area contributed by atoms with Gasteiger partial charge in [0.15, 0.2) is 11.6 Å². The summed E-state index contributed by atoms with van der Waals surface area (Å²) in [4.78, 5) is 29.1. The summed E-state index contributed by atoms with van der Waals surface area (Å²) >= 11 is 0. The molecule has 4 heterocycles. The van der Waals surface area contributed by atoms with Crippen molar-refractivity contribution < 1.29 is 23.8 Å². The topological polar surface area (TPSA) is 65.1 Å². The van der Waals surface area contributed by atoms with Gasteiger partial charge in [-0.05, 0) is 41.5 Å². The first-order valence-corrected chi connectivity index (χ1v) is 10.2. The predicted octanol–water partition coefficient (Wildman–Crippen LogP) is 2.84. The van der Waals surface area contributed by atoms with E-state index in [2.05, 4.69) is 11.0 Å². The number of carbonyl (C=O) groups is 2. The Morgan fingerprint density at radius 1 is 1.13 bits per heavy atom. The second kappa shape index (κ2) is 6.52. The second-order valence-corrected chi connectivity index (χ2v) is 8.22. The first-order valence-electron chi connectivity index (χ1n) is 10.2. The molecule has 1 unspecified atom stereocenters. The number of fused-ring (bicyclic) bond motifs is 8. The van der Waals surface area contributed by atoms with Crippen LogP contribution in [0, 0.1) is 11.8 Å². The van der Waals surface area contributed by atoms with Gasteiger partial charge >= 0.3 is 0 Å². The van der Waals surface area contributed by atoms with E-state index in [0.29, 0.717) is 17.9 Å². The van der Waals surface area contributed by atoms with Gasteiger partial charge in [0, 0.05) is 17.7 Å².